The van der Waals surface area contributed by atoms with E-state index in [2.05, 4.69) is 39.5 Å². The highest BCUT2D eigenvalue weighted by Gasteiger charge is 2.18. The Kier molecular flexibility index (Phi) is 6.99. The van der Waals surface area contributed by atoms with Crippen LogP contribution in [0, 0.1) is 11.3 Å². The molecule has 2 aliphatic heterocycles. The molecule has 3 aromatic rings. The van der Waals surface area contributed by atoms with Crippen LogP contribution in [0.1, 0.15) is 36.8 Å². The van der Waals surface area contributed by atoms with Crippen LogP contribution in [0.25, 0.3) is 11.3 Å². The fourth-order valence-corrected chi connectivity index (χ4v) is 4.51. The van der Waals surface area contributed by atoms with E-state index < -0.39 is 0 Å². The van der Waals surface area contributed by atoms with Crippen molar-refractivity contribution < 1.29 is 9.47 Å². The molecule has 1 aromatic heterocycles. The predicted octanol–water partition coefficient (Wildman–Crippen LogP) is 4.91. The molecule has 5 rings (SSSR count). The summed E-state index contributed by atoms with van der Waals surface area (Å²) in [5, 5.41) is 13.0. The van der Waals surface area contributed by atoms with E-state index in [4.69, 9.17) is 14.5 Å². The van der Waals surface area contributed by atoms with Gasteiger partial charge in [-0.2, -0.15) is 5.26 Å². The number of nitrogens with one attached hydrogen (secondary N) is 1. The van der Waals surface area contributed by atoms with Crippen LogP contribution in [0.4, 0.5) is 11.6 Å². The normalized spacial score (nSPS) is 16.8. The van der Waals surface area contributed by atoms with E-state index in [0.717, 1.165) is 36.3 Å². The zero-order valence-electron chi connectivity index (χ0n) is 19.2. The summed E-state index contributed by atoms with van der Waals surface area (Å²) in [5.74, 6) is 1.14. The zero-order valence-corrected chi connectivity index (χ0v) is 19.2. The molecule has 34 heavy (non-hydrogen) atoms. The van der Waals surface area contributed by atoms with Gasteiger partial charge in [0.25, 0.3) is 0 Å². The van der Waals surface area contributed by atoms with Gasteiger partial charge in [-0.25, -0.2) is 9.97 Å². The summed E-state index contributed by atoms with van der Waals surface area (Å²) in [6, 6.07) is 18.2. The molecule has 0 atom stereocenters. The van der Waals surface area contributed by atoms with Crippen LogP contribution in [0.5, 0.6) is 5.75 Å². The minimum Gasteiger partial charge on any atom is -0.489 e. The van der Waals surface area contributed by atoms with Gasteiger partial charge in [-0.05, 0) is 67.9 Å². The van der Waals surface area contributed by atoms with Gasteiger partial charge in [0.1, 0.15) is 17.9 Å². The maximum atomic E-state index is 9.69. The summed E-state index contributed by atoms with van der Waals surface area (Å²) >= 11 is 0. The molecule has 0 bridgehead atoms. The van der Waals surface area contributed by atoms with Gasteiger partial charge < -0.3 is 14.8 Å². The molecule has 7 nitrogen and oxygen atoms in total. The molecule has 7 heteroatoms. The van der Waals surface area contributed by atoms with Crippen molar-refractivity contribution in [2.24, 2.45) is 0 Å². The van der Waals surface area contributed by atoms with Crippen molar-refractivity contribution in [3.05, 3.63) is 65.9 Å². The summed E-state index contributed by atoms with van der Waals surface area (Å²) in [4.78, 5) is 11.6. The number of nitriles is 1. The highest BCUT2D eigenvalue weighted by Crippen LogP contribution is 2.28. The van der Waals surface area contributed by atoms with Gasteiger partial charge in [0.15, 0.2) is 0 Å². The molecule has 174 valence electrons. The third-order valence-electron chi connectivity index (χ3n) is 6.30. The molecular weight excluding hydrogens is 426 g/mol. The average molecular weight is 456 g/mol. The number of hydrogen-bond donors (Lipinski definition) is 1. The molecule has 2 fully saturated rings. The van der Waals surface area contributed by atoms with E-state index in [1.54, 1.807) is 6.20 Å². The lowest BCUT2D eigenvalue weighted by Gasteiger charge is -2.23. The fourth-order valence-electron chi connectivity index (χ4n) is 4.51. The smallest absolute Gasteiger partial charge is 0.227 e. The number of nitrogens with zero attached hydrogens (tertiary/aromatic N) is 4. The van der Waals surface area contributed by atoms with Gasteiger partial charge >= 0.3 is 0 Å². The number of anilines is 2. The molecule has 2 aromatic carbocycles. The first kappa shape index (κ1) is 22.3. The number of benzene rings is 2. The first-order valence-corrected chi connectivity index (χ1v) is 12.0. The Labute approximate surface area is 200 Å². The number of likely N-dealkylation sites (tertiary alicyclic amines) is 1. The maximum Gasteiger partial charge on any atom is 0.227 e. The maximum absolute atomic E-state index is 9.69. The van der Waals surface area contributed by atoms with Crippen LogP contribution in [-0.4, -0.2) is 47.3 Å². The standard InChI is InChI=1S/C27H29N5O2/c28-18-22-17-21(6-7-26(22)34-24-9-14-33-15-10-24)25-8-11-29-27(31-25)30-23-5-3-4-20(16-23)19-32-12-1-2-13-32/h3-8,11,16-17,24H,1-2,9-10,12-15,19H2,(H,29,30,31). The largest absolute Gasteiger partial charge is 0.489 e. The Hall–Kier alpha value is -3.47. The van der Waals surface area contributed by atoms with E-state index >= 15 is 0 Å². The molecule has 0 spiro atoms. The Morgan fingerprint density at radius 1 is 1.09 bits per heavy atom. The van der Waals surface area contributed by atoms with Crippen LogP contribution in [0.2, 0.25) is 0 Å². The Balaban J connectivity index is 1.30. The van der Waals surface area contributed by atoms with Gasteiger partial charge in [-0.15, -0.1) is 0 Å². The lowest BCUT2D eigenvalue weighted by Crippen LogP contribution is -2.26. The van der Waals surface area contributed by atoms with Gasteiger partial charge in [0, 0.05) is 36.8 Å². The highest BCUT2D eigenvalue weighted by atomic mass is 16.5. The monoisotopic (exact) mass is 455 g/mol. The summed E-state index contributed by atoms with van der Waals surface area (Å²) in [6.45, 7) is 4.71. The minimum absolute atomic E-state index is 0.0859. The fraction of sp³-hybridized carbons (Fsp3) is 0.370. The lowest BCUT2D eigenvalue weighted by atomic mass is 10.1. The van der Waals surface area contributed by atoms with Crippen LogP contribution in [0.3, 0.4) is 0 Å². The quantitative estimate of drug-likeness (QED) is 0.542. The molecule has 0 amide bonds. The van der Waals surface area contributed by atoms with Crippen LogP contribution in [-0.2, 0) is 11.3 Å². The molecule has 0 unspecified atom stereocenters. The minimum atomic E-state index is 0.0859. The molecular formula is C27H29N5O2. The second kappa shape index (κ2) is 10.6. The van der Waals surface area contributed by atoms with Crippen molar-refractivity contribution in [2.45, 2.75) is 38.3 Å². The molecule has 0 radical (unpaired) electrons. The summed E-state index contributed by atoms with van der Waals surface area (Å²) < 4.78 is 11.5. The number of aromatic nitrogens is 2. The van der Waals surface area contributed by atoms with Crippen LogP contribution < -0.4 is 10.1 Å². The first-order valence-electron chi connectivity index (χ1n) is 12.0. The molecule has 1 N–H and O–H groups in total. The second-order valence-corrected chi connectivity index (χ2v) is 8.83. The van der Waals surface area contributed by atoms with Crippen LogP contribution in [0.15, 0.2) is 54.7 Å². The van der Waals surface area contributed by atoms with E-state index in [9.17, 15) is 5.26 Å². The number of ether oxygens (including phenoxy) is 2. The summed E-state index contributed by atoms with van der Waals surface area (Å²) in [5.41, 5.74) is 4.35. The number of hydrogen-bond acceptors (Lipinski definition) is 7. The molecule has 0 saturated carbocycles. The predicted molar refractivity (Wildman–Crippen MR) is 131 cm³/mol. The van der Waals surface area contributed by atoms with Crippen molar-refractivity contribution in [3.63, 3.8) is 0 Å². The molecule has 2 saturated heterocycles. The van der Waals surface area contributed by atoms with Crippen molar-refractivity contribution in [1.29, 1.82) is 5.26 Å². The molecule has 2 aliphatic rings. The van der Waals surface area contributed by atoms with E-state index in [1.165, 1.54) is 31.5 Å². The summed E-state index contributed by atoms with van der Waals surface area (Å²) in [6.07, 6.45) is 6.07. The van der Waals surface area contributed by atoms with E-state index in [0.29, 0.717) is 30.5 Å². The highest BCUT2D eigenvalue weighted by molar-refractivity contribution is 5.66. The SMILES string of the molecule is N#Cc1cc(-c2ccnc(Nc3cccc(CN4CCCC4)c3)n2)ccc1OC1CCOCC1. The van der Waals surface area contributed by atoms with Crippen molar-refractivity contribution in [2.75, 3.05) is 31.6 Å². The van der Waals surface area contributed by atoms with E-state index in [-0.39, 0.29) is 6.10 Å². The van der Waals surface area contributed by atoms with Gasteiger partial charge in [-0.3, -0.25) is 4.90 Å². The third kappa shape index (κ3) is 5.53. The lowest BCUT2D eigenvalue weighted by molar-refractivity contribution is 0.0254. The number of rotatable bonds is 7. The van der Waals surface area contributed by atoms with Gasteiger partial charge in [0.05, 0.1) is 24.5 Å². The topological polar surface area (TPSA) is 83.3 Å². The van der Waals surface area contributed by atoms with Crippen LogP contribution >= 0.6 is 0 Å². The zero-order chi connectivity index (χ0) is 23.2. The van der Waals surface area contributed by atoms with E-state index in [1.807, 2.05) is 30.3 Å². The van der Waals surface area contributed by atoms with Crippen molar-refractivity contribution in [3.8, 4) is 23.1 Å². The van der Waals surface area contributed by atoms with Crippen molar-refractivity contribution >= 4 is 11.6 Å². The third-order valence-corrected chi connectivity index (χ3v) is 6.30. The second-order valence-electron chi connectivity index (χ2n) is 8.83. The first-order chi connectivity index (χ1) is 16.8. The van der Waals surface area contributed by atoms with Gasteiger partial charge in [0.2, 0.25) is 5.95 Å². The molecule has 0 aliphatic carbocycles. The Morgan fingerprint density at radius 3 is 2.76 bits per heavy atom. The molecule has 3 heterocycles. The van der Waals surface area contributed by atoms with Gasteiger partial charge in [-0.1, -0.05) is 12.1 Å². The van der Waals surface area contributed by atoms with Crippen molar-refractivity contribution in [1.82, 2.24) is 14.9 Å². The Morgan fingerprint density at radius 2 is 1.94 bits per heavy atom. The summed E-state index contributed by atoms with van der Waals surface area (Å²) in [7, 11) is 0. The Bertz CT molecular complexity index is 1160. The average Bonchev–Trinajstić information content (AvgIpc) is 3.38.